The normalized spacial score (nSPS) is 10.1. The monoisotopic (exact) mass is 251 g/mol. The molecular weight excluding hydrogens is 234 g/mol. The van der Waals surface area contributed by atoms with Crippen LogP contribution in [0, 0.1) is 28.4 Å². The van der Waals surface area contributed by atoms with Crippen molar-refractivity contribution in [3.8, 4) is 6.07 Å². The van der Waals surface area contributed by atoms with Crippen LogP contribution in [0.3, 0.4) is 0 Å². The first-order chi connectivity index (χ1) is 8.56. The van der Waals surface area contributed by atoms with E-state index in [1.807, 2.05) is 18.7 Å². The standard InChI is InChI=1S/C11H17N5O2/c1-4-14(8-6-7-12)11-10(16(17)18)9(3)13-15(11)5-2/h4-6,8H2,1-3H3. The molecule has 0 aliphatic rings. The number of hydrogen-bond donors (Lipinski definition) is 0. The first-order valence-corrected chi connectivity index (χ1v) is 5.90. The number of anilines is 1. The quantitative estimate of drug-likeness (QED) is 0.568. The molecule has 0 spiro atoms. The average Bonchev–Trinajstić information content (AvgIpc) is 2.67. The molecule has 0 aliphatic heterocycles. The van der Waals surface area contributed by atoms with E-state index in [1.54, 1.807) is 11.6 Å². The van der Waals surface area contributed by atoms with Crippen LogP contribution in [-0.4, -0.2) is 27.8 Å². The minimum absolute atomic E-state index is 0.0386. The lowest BCUT2D eigenvalue weighted by Gasteiger charge is -2.21. The lowest BCUT2D eigenvalue weighted by molar-refractivity contribution is -0.384. The van der Waals surface area contributed by atoms with E-state index in [9.17, 15) is 10.1 Å². The van der Waals surface area contributed by atoms with Gasteiger partial charge in [0.1, 0.15) is 5.69 Å². The largest absolute Gasteiger partial charge is 0.350 e. The van der Waals surface area contributed by atoms with Gasteiger partial charge >= 0.3 is 5.69 Å². The van der Waals surface area contributed by atoms with Crippen LogP contribution in [-0.2, 0) is 6.54 Å². The molecule has 0 aliphatic carbocycles. The van der Waals surface area contributed by atoms with E-state index in [2.05, 4.69) is 11.2 Å². The molecule has 1 rings (SSSR count). The van der Waals surface area contributed by atoms with Gasteiger partial charge in [-0.3, -0.25) is 10.1 Å². The summed E-state index contributed by atoms with van der Waals surface area (Å²) >= 11 is 0. The molecule has 0 saturated heterocycles. The highest BCUT2D eigenvalue weighted by Crippen LogP contribution is 2.31. The van der Waals surface area contributed by atoms with Gasteiger partial charge in [-0.05, 0) is 20.8 Å². The zero-order chi connectivity index (χ0) is 13.7. The fourth-order valence-corrected chi connectivity index (χ4v) is 1.91. The van der Waals surface area contributed by atoms with E-state index < -0.39 is 4.92 Å². The zero-order valence-electron chi connectivity index (χ0n) is 10.9. The van der Waals surface area contributed by atoms with Crippen LogP contribution in [0.2, 0.25) is 0 Å². The van der Waals surface area contributed by atoms with Gasteiger partial charge in [-0.1, -0.05) is 0 Å². The molecule has 0 radical (unpaired) electrons. The van der Waals surface area contributed by atoms with Crippen LogP contribution in [0.25, 0.3) is 0 Å². The van der Waals surface area contributed by atoms with Crippen molar-refractivity contribution in [1.29, 1.82) is 5.26 Å². The number of nitrogens with zero attached hydrogens (tertiary/aromatic N) is 5. The van der Waals surface area contributed by atoms with E-state index >= 15 is 0 Å². The third-order valence-electron chi connectivity index (χ3n) is 2.73. The van der Waals surface area contributed by atoms with Crippen molar-refractivity contribution in [2.75, 3.05) is 18.0 Å². The molecule has 0 aromatic carbocycles. The second kappa shape index (κ2) is 6.00. The number of aromatic nitrogens is 2. The van der Waals surface area contributed by atoms with Gasteiger partial charge < -0.3 is 4.90 Å². The van der Waals surface area contributed by atoms with Crippen molar-refractivity contribution in [3.63, 3.8) is 0 Å². The molecule has 18 heavy (non-hydrogen) atoms. The fraction of sp³-hybridized carbons (Fsp3) is 0.636. The zero-order valence-corrected chi connectivity index (χ0v) is 10.9. The van der Waals surface area contributed by atoms with Crippen molar-refractivity contribution in [2.45, 2.75) is 33.7 Å². The Hall–Kier alpha value is -2.10. The van der Waals surface area contributed by atoms with E-state index in [0.717, 1.165) is 0 Å². The second-order valence-corrected chi connectivity index (χ2v) is 3.82. The van der Waals surface area contributed by atoms with Crippen LogP contribution in [0.4, 0.5) is 11.5 Å². The van der Waals surface area contributed by atoms with Crippen molar-refractivity contribution in [1.82, 2.24) is 9.78 Å². The fourth-order valence-electron chi connectivity index (χ4n) is 1.91. The lowest BCUT2D eigenvalue weighted by atomic mass is 10.3. The van der Waals surface area contributed by atoms with Crippen molar-refractivity contribution >= 4 is 11.5 Å². The van der Waals surface area contributed by atoms with Crippen molar-refractivity contribution in [3.05, 3.63) is 15.8 Å². The summed E-state index contributed by atoms with van der Waals surface area (Å²) in [5.74, 6) is 0.498. The number of nitro groups is 1. The summed E-state index contributed by atoms with van der Waals surface area (Å²) in [5.41, 5.74) is 0.448. The number of aryl methyl sites for hydroxylation is 2. The molecule has 0 N–H and O–H groups in total. The van der Waals surface area contributed by atoms with Crippen molar-refractivity contribution < 1.29 is 4.92 Å². The molecule has 0 fully saturated rings. The van der Waals surface area contributed by atoms with E-state index in [1.165, 1.54) is 0 Å². The highest BCUT2D eigenvalue weighted by molar-refractivity contribution is 5.61. The van der Waals surface area contributed by atoms with E-state index in [4.69, 9.17) is 5.26 Å². The molecule has 1 aromatic rings. The average molecular weight is 251 g/mol. The third kappa shape index (κ3) is 2.59. The minimum Gasteiger partial charge on any atom is -0.350 e. The van der Waals surface area contributed by atoms with Gasteiger partial charge in [-0.15, -0.1) is 0 Å². The highest BCUT2D eigenvalue weighted by atomic mass is 16.6. The van der Waals surface area contributed by atoms with Gasteiger partial charge in [0.2, 0.25) is 5.82 Å². The second-order valence-electron chi connectivity index (χ2n) is 3.82. The molecule has 0 amide bonds. The molecule has 0 saturated carbocycles. The Kier molecular flexibility index (Phi) is 4.66. The topological polar surface area (TPSA) is 88.0 Å². The summed E-state index contributed by atoms with van der Waals surface area (Å²) < 4.78 is 1.62. The Morgan fingerprint density at radius 3 is 2.67 bits per heavy atom. The highest BCUT2D eigenvalue weighted by Gasteiger charge is 2.28. The minimum atomic E-state index is -0.404. The van der Waals surface area contributed by atoms with Crippen LogP contribution in [0.1, 0.15) is 26.0 Å². The Bertz CT molecular complexity index is 475. The Morgan fingerprint density at radius 1 is 1.56 bits per heavy atom. The number of hydrogen-bond acceptors (Lipinski definition) is 5. The predicted octanol–water partition coefficient (Wildman–Crippen LogP) is 1.86. The van der Waals surface area contributed by atoms with Gasteiger partial charge in [0.15, 0.2) is 0 Å². The molecule has 98 valence electrons. The molecule has 7 heteroatoms. The SMILES string of the molecule is CCN(CCC#N)c1c([N+](=O)[O-])c(C)nn1CC. The van der Waals surface area contributed by atoms with Gasteiger partial charge in [-0.2, -0.15) is 10.4 Å². The first kappa shape index (κ1) is 14.0. The number of rotatable bonds is 6. The summed E-state index contributed by atoms with van der Waals surface area (Å²) in [4.78, 5) is 12.5. The maximum atomic E-state index is 11.1. The molecular formula is C11H17N5O2. The first-order valence-electron chi connectivity index (χ1n) is 5.90. The predicted molar refractivity (Wildman–Crippen MR) is 67.4 cm³/mol. The van der Waals surface area contributed by atoms with Gasteiger partial charge in [0.05, 0.1) is 17.4 Å². The van der Waals surface area contributed by atoms with Gasteiger partial charge in [0.25, 0.3) is 0 Å². The summed E-state index contributed by atoms with van der Waals surface area (Å²) in [6.07, 6.45) is 0.332. The smallest absolute Gasteiger partial charge is 0.333 e. The molecule has 0 unspecified atom stereocenters. The maximum Gasteiger partial charge on any atom is 0.333 e. The molecule has 1 aromatic heterocycles. The summed E-state index contributed by atoms with van der Waals surface area (Å²) in [6, 6.07) is 2.05. The van der Waals surface area contributed by atoms with Crippen LogP contribution >= 0.6 is 0 Å². The summed E-state index contributed by atoms with van der Waals surface area (Å²) in [6.45, 7) is 7.06. The van der Waals surface area contributed by atoms with Crippen LogP contribution < -0.4 is 4.90 Å². The summed E-state index contributed by atoms with van der Waals surface area (Å²) in [7, 11) is 0. The number of nitriles is 1. The Balaban J connectivity index is 3.26. The summed E-state index contributed by atoms with van der Waals surface area (Å²) in [5, 5.41) is 23.9. The molecule has 0 atom stereocenters. The van der Waals surface area contributed by atoms with Crippen LogP contribution in [0.15, 0.2) is 0 Å². The lowest BCUT2D eigenvalue weighted by Crippen LogP contribution is -2.27. The van der Waals surface area contributed by atoms with Gasteiger partial charge in [0, 0.05) is 19.6 Å². The molecule has 1 heterocycles. The Morgan fingerprint density at radius 2 is 2.22 bits per heavy atom. The Labute approximate surface area is 106 Å². The third-order valence-corrected chi connectivity index (χ3v) is 2.73. The van der Waals surface area contributed by atoms with E-state index in [0.29, 0.717) is 37.6 Å². The molecule has 7 nitrogen and oxygen atoms in total. The van der Waals surface area contributed by atoms with Crippen LogP contribution in [0.5, 0.6) is 0 Å². The maximum absolute atomic E-state index is 11.1. The van der Waals surface area contributed by atoms with Crippen molar-refractivity contribution in [2.24, 2.45) is 0 Å². The molecule has 0 bridgehead atoms. The van der Waals surface area contributed by atoms with E-state index in [-0.39, 0.29) is 5.69 Å². The van der Waals surface area contributed by atoms with Gasteiger partial charge in [-0.25, -0.2) is 4.68 Å².